The van der Waals surface area contributed by atoms with Gasteiger partial charge < -0.3 is 0 Å². The van der Waals surface area contributed by atoms with Crippen LogP contribution in [0.4, 0.5) is 0 Å². The maximum Gasteiger partial charge on any atom is 0.261 e. The molecule has 3 rings (SSSR count). The van der Waals surface area contributed by atoms with Crippen molar-refractivity contribution in [2.75, 3.05) is 5.33 Å². The minimum atomic E-state index is -0.505. The quantitative estimate of drug-likeness (QED) is 0.460. The molecule has 2 aromatic carbocycles. The van der Waals surface area contributed by atoms with Crippen LogP contribution in [0.1, 0.15) is 37.5 Å². The number of alkyl halides is 1. The first-order valence-electron chi connectivity index (χ1n) is 7.24. The number of halogens is 1. The Labute approximate surface area is 142 Å². The molecule has 2 aromatic rings. The van der Waals surface area contributed by atoms with Gasteiger partial charge >= 0.3 is 0 Å². The average molecular weight is 372 g/mol. The number of carbonyl (C=O) groups is 3. The predicted molar refractivity (Wildman–Crippen MR) is 89.9 cm³/mol. The van der Waals surface area contributed by atoms with E-state index >= 15 is 0 Å². The zero-order valence-electron chi connectivity index (χ0n) is 12.2. The van der Waals surface area contributed by atoms with E-state index in [0.717, 1.165) is 0 Å². The summed E-state index contributed by atoms with van der Waals surface area (Å²) in [6.45, 7) is 0. The van der Waals surface area contributed by atoms with Gasteiger partial charge in [0.05, 0.1) is 17.2 Å². The molecular weight excluding hydrogens is 358 g/mol. The molecular formula is C18H14BrNO3. The minimum Gasteiger partial charge on any atom is -0.294 e. The molecule has 0 saturated carbocycles. The molecule has 0 bridgehead atoms. The lowest BCUT2D eigenvalue weighted by atomic mass is 10.0. The van der Waals surface area contributed by atoms with Crippen molar-refractivity contribution in [2.24, 2.45) is 0 Å². The van der Waals surface area contributed by atoms with Crippen LogP contribution in [0.25, 0.3) is 0 Å². The summed E-state index contributed by atoms with van der Waals surface area (Å²) in [5.74, 6) is -0.765. The normalized spacial score (nSPS) is 14.7. The van der Waals surface area contributed by atoms with Crippen molar-refractivity contribution in [1.29, 1.82) is 0 Å². The Bertz CT molecular complexity index is 738. The van der Waals surface area contributed by atoms with Crippen LogP contribution in [0.3, 0.4) is 0 Å². The molecule has 2 amide bonds. The number of rotatable bonds is 5. The molecule has 23 heavy (non-hydrogen) atoms. The smallest absolute Gasteiger partial charge is 0.261 e. The maximum atomic E-state index is 12.5. The summed E-state index contributed by atoms with van der Waals surface area (Å²) in [4.78, 5) is 38.6. The number of fused-ring (bicyclic) bond motifs is 1. The van der Waals surface area contributed by atoms with Gasteiger partial charge in [-0.25, -0.2) is 0 Å². The standard InChI is InChI=1S/C18H14BrNO3/c19-11-13(10-16(21)12-6-2-1-3-7-12)20-17(22)14-8-4-5-9-15(14)18(20)23/h1-9,13H,10-11H2. The Morgan fingerprint density at radius 2 is 1.43 bits per heavy atom. The highest BCUT2D eigenvalue weighted by Gasteiger charge is 2.39. The fraction of sp³-hybridized carbons (Fsp3) is 0.167. The SMILES string of the molecule is O=C(CC(CBr)N1C(=O)c2ccccc2C1=O)c1ccccc1. The molecule has 1 aliphatic rings. The molecule has 1 atom stereocenters. The number of carbonyl (C=O) groups excluding carboxylic acids is 3. The monoisotopic (exact) mass is 371 g/mol. The Hall–Kier alpha value is -2.27. The summed E-state index contributed by atoms with van der Waals surface area (Å²) in [6, 6.07) is 15.1. The molecule has 0 N–H and O–H groups in total. The lowest BCUT2D eigenvalue weighted by Gasteiger charge is -2.23. The lowest BCUT2D eigenvalue weighted by molar-refractivity contribution is 0.0590. The van der Waals surface area contributed by atoms with Gasteiger partial charge in [-0.15, -0.1) is 0 Å². The third-order valence-electron chi connectivity index (χ3n) is 3.89. The molecule has 0 aromatic heterocycles. The average Bonchev–Trinajstić information content (AvgIpc) is 2.85. The first kappa shape index (κ1) is 15.6. The second-order valence-corrected chi connectivity index (χ2v) is 5.97. The summed E-state index contributed by atoms with van der Waals surface area (Å²) in [5, 5.41) is 0.358. The van der Waals surface area contributed by atoms with Crippen LogP contribution in [0.5, 0.6) is 0 Å². The van der Waals surface area contributed by atoms with Crippen molar-refractivity contribution in [3.63, 3.8) is 0 Å². The highest BCUT2D eigenvalue weighted by atomic mass is 79.9. The number of nitrogens with zero attached hydrogens (tertiary/aromatic N) is 1. The van der Waals surface area contributed by atoms with E-state index in [9.17, 15) is 14.4 Å². The van der Waals surface area contributed by atoms with Crippen molar-refractivity contribution < 1.29 is 14.4 Å². The molecule has 0 radical (unpaired) electrons. The zero-order chi connectivity index (χ0) is 16.4. The summed E-state index contributed by atoms with van der Waals surface area (Å²) in [5.41, 5.74) is 1.38. The Balaban J connectivity index is 1.84. The van der Waals surface area contributed by atoms with Crippen molar-refractivity contribution in [3.8, 4) is 0 Å². The van der Waals surface area contributed by atoms with Gasteiger partial charge in [-0.05, 0) is 12.1 Å². The van der Waals surface area contributed by atoms with Crippen LogP contribution in [0.15, 0.2) is 54.6 Å². The maximum absolute atomic E-state index is 12.5. The lowest BCUT2D eigenvalue weighted by Crippen LogP contribution is -2.42. The largest absolute Gasteiger partial charge is 0.294 e. The van der Waals surface area contributed by atoms with Crippen LogP contribution >= 0.6 is 15.9 Å². The van der Waals surface area contributed by atoms with Crippen LogP contribution in [-0.2, 0) is 0 Å². The van der Waals surface area contributed by atoms with Gasteiger partial charge in [0.25, 0.3) is 11.8 Å². The number of benzene rings is 2. The van der Waals surface area contributed by atoms with Gasteiger partial charge in [0.15, 0.2) is 5.78 Å². The molecule has 5 heteroatoms. The fourth-order valence-electron chi connectivity index (χ4n) is 2.71. The molecule has 1 unspecified atom stereocenters. The summed E-state index contributed by atoms with van der Waals surface area (Å²) in [6.07, 6.45) is 0.0979. The van der Waals surface area contributed by atoms with Crippen LogP contribution < -0.4 is 0 Å². The summed E-state index contributed by atoms with van der Waals surface area (Å²) >= 11 is 3.33. The molecule has 0 spiro atoms. The second kappa shape index (κ2) is 6.46. The molecule has 1 heterocycles. The van der Waals surface area contributed by atoms with Gasteiger partial charge in [-0.3, -0.25) is 19.3 Å². The molecule has 0 saturated heterocycles. The van der Waals surface area contributed by atoms with E-state index in [2.05, 4.69) is 15.9 Å². The fourth-order valence-corrected chi connectivity index (χ4v) is 3.23. The van der Waals surface area contributed by atoms with E-state index in [0.29, 0.717) is 22.0 Å². The molecule has 116 valence electrons. The molecule has 0 aliphatic carbocycles. The second-order valence-electron chi connectivity index (χ2n) is 5.33. The van der Waals surface area contributed by atoms with Gasteiger partial charge in [-0.2, -0.15) is 0 Å². The first-order chi connectivity index (χ1) is 11.1. The highest BCUT2D eigenvalue weighted by Crippen LogP contribution is 2.26. The van der Waals surface area contributed by atoms with E-state index in [1.165, 1.54) is 4.90 Å². The van der Waals surface area contributed by atoms with Crippen molar-refractivity contribution in [1.82, 2.24) is 4.90 Å². The topological polar surface area (TPSA) is 54.5 Å². The third kappa shape index (κ3) is 2.84. The first-order valence-corrected chi connectivity index (χ1v) is 8.36. The van der Waals surface area contributed by atoms with E-state index in [4.69, 9.17) is 0 Å². The van der Waals surface area contributed by atoms with Crippen LogP contribution in [-0.4, -0.2) is 33.9 Å². The Morgan fingerprint density at radius 1 is 0.913 bits per heavy atom. The summed E-state index contributed by atoms with van der Waals surface area (Å²) in [7, 11) is 0. The number of Topliss-reactive ketones (excluding diaryl/α,β-unsaturated/α-hetero) is 1. The Kier molecular flexibility index (Phi) is 4.39. The number of amides is 2. The minimum absolute atomic E-state index is 0.0911. The molecule has 1 aliphatic heterocycles. The van der Waals surface area contributed by atoms with Crippen molar-refractivity contribution in [3.05, 3.63) is 71.3 Å². The molecule has 0 fully saturated rings. The number of hydrogen-bond acceptors (Lipinski definition) is 3. The van der Waals surface area contributed by atoms with E-state index in [-0.39, 0.29) is 24.0 Å². The zero-order valence-corrected chi connectivity index (χ0v) is 13.8. The molecule has 4 nitrogen and oxygen atoms in total. The predicted octanol–water partition coefficient (Wildman–Crippen LogP) is 3.32. The number of hydrogen-bond donors (Lipinski definition) is 0. The van der Waals surface area contributed by atoms with Crippen LogP contribution in [0, 0.1) is 0 Å². The van der Waals surface area contributed by atoms with Crippen LogP contribution in [0.2, 0.25) is 0 Å². The highest BCUT2D eigenvalue weighted by molar-refractivity contribution is 9.09. The third-order valence-corrected chi connectivity index (χ3v) is 4.63. The van der Waals surface area contributed by atoms with Gasteiger partial charge in [0.2, 0.25) is 0 Å². The van der Waals surface area contributed by atoms with E-state index in [1.54, 1.807) is 48.5 Å². The number of ketones is 1. The van der Waals surface area contributed by atoms with E-state index in [1.807, 2.05) is 6.07 Å². The van der Waals surface area contributed by atoms with Gasteiger partial charge in [-0.1, -0.05) is 58.4 Å². The van der Waals surface area contributed by atoms with Gasteiger partial charge in [0.1, 0.15) is 0 Å². The summed E-state index contributed by atoms with van der Waals surface area (Å²) < 4.78 is 0. The van der Waals surface area contributed by atoms with Gasteiger partial charge in [0, 0.05) is 17.3 Å². The van der Waals surface area contributed by atoms with Crippen molar-refractivity contribution in [2.45, 2.75) is 12.5 Å². The van der Waals surface area contributed by atoms with Crippen molar-refractivity contribution >= 4 is 33.5 Å². The van der Waals surface area contributed by atoms with E-state index < -0.39 is 6.04 Å². The number of imide groups is 1. The Morgan fingerprint density at radius 3 is 1.96 bits per heavy atom.